The summed E-state index contributed by atoms with van der Waals surface area (Å²) in [6.07, 6.45) is 1.75. The summed E-state index contributed by atoms with van der Waals surface area (Å²) < 4.78 is 2.86. The topological polar surface area (TPSA) is 55.6 Å². The fourth-order valence-corrected chi connectivity index (χ4v) is 2.85. The normalized spacial score (nSPS) is 11.0. The standard InChI is InChI=1S/C12H16IN5/c1-7(2)10-9(13)12(14-3)17-11(16-10)8-5-6-15-18(8)4/h5-7H,1-4H3,(H,14,16,17). The Balaban J connectivity index is 2.63. The Bertz CT molecular complexity index is 562. The van der Waals surface area contributed by atoms with Crippen LogP contribution in [0, 0.1) is 3.57 Å². The molecule has 0 atom stereocenters. The summed E-state index contributed by atoms with van der Waals surface area (Å²) in [5.41, 5.74) is 1.98. The molecule has 0 aliphatic rings. The van der Waals surface area contributed by atoms with Gasteiger partial charge in [-0.3, -0.25) is 4.68 Å². The smallest absolute Gasteiger partial charge is 0.180 e. The van der Waals surface area contributed by atoms with Crippen molar-refractivity contribution >= 4 is 28.4 Å². The Morgan fingerprint density at radius 1 is 1.33 bits per heavy atom. The SMILES string of the molecule is CNc1nc(-c2ccnn2C)nc(C(C)C)c1I. The highest BCUT2D eigenvalue weighted by Crippen LogP contribution is 2.27. The Morgan fingerprint density at radius 3 is 2.56 bits per heavy atom. The lowest BCUT2D eigenvalue weighted by molar-refractivity contribution is 0.761. The second-order valence-corrected chi connectivity index (χ2v) is 5.42. The summed E-state index contributed by atoms with van der Waals surface area (Å²) in [7, 11) is 3.77. The van der Waals surface area contributed by atoms with Crippen molar-refractivity contribution in [2.75, 3.05) is 12.4 Å². The van der Waals surface area contributed by atoms with Crippen LogP contribution in [0.5, 0.6) is 0 Å². The Hall–Kier alpha value is -1.18. The van der Waals surface area contributed by atoms with Gasteiger partial charge in [0.05, 0.1) is 9.26 Å². The van der Waals surface area contributed by atoms with Crippen molar-refractivity contribution in [3.63, 3.8) is 0 Å². The van der Waals surface area contributed by atoms with E-state index in [1.165, 1.54) is 0 Å². The molecule has 0 unspecified atom stereocenters. The van der Waals surface area contributed by atoms with Crippen LogP contribution in [0.15, 0.2) is 12.3 Å². The molecule has 0 saturated heterocycles. The van der Waals surface area contributed by atoms with Gasteiger partial charge in [-0.1, -0.05) is 13.8 Å². The first kappa shape index (κ1) is 13.3. The molecule has 6 heteroatoms. The molecule has 0 aliphatic carbocycles. The molecule has 0 radical (unpaired) electrons. The van der Waals surface area contributed by atoms with Crippen LogP contribution in [0.3, 0.4) is 0 Å². The molecule has 2 aromatic heterocycles. The molecule has 0 fully saturated rings. The quantitative estimate of drug-likeness (QED) is 0.859. The number of hydrogen-bond acceptors (Lipinski definition) is 4. The van der Waals surface area contributed by atoms with Gasteiger partial charge in [-0.15, -0.1) is 0 Å². The highest BCUT2D eigenvalue weighted by molar-refractivity contribution is 14.1. The molecule has 0 spiro atoms. The van der Waals surface area contributed by atoms with Crippen LogP contribution in [0.1, 0.15) is 25.5 Å². The fourth-order valence-electron chi connectivity index (χ4n) is 1.72. The summed E-state index contributed by atoms with van der Waals surface area (Å²) in [5.74, 6) is 1.94. The second-order valence-electron chi connectivity index (χ2n) is 4.34. The van der Waals surface area contributed by atoms with Crippen molar-refractivity contribution in [3.05, 3.63) is 21.5 Å². The minimum atomic E-state index is 0.360. The number of aromatic nitrogens is 4. The Labute approximate surface area is 120 Å². The summed E-state index contributed by atoms with van der Waals surface area (Å²) in [6, 6.07) is 1.92. The van der Waals surface area contributed by atoms with E-state index in [4.69, 9.17) is 0 Å². The van der Waals surface area contributed by atoms with E-state index < -0.39 is 0 Å². The molecule has 1 N–H and O–H groups in total. The van der Waals surface area contributed by atoms with E-state index >= 15 is 0 Å². The average Bonchev–Trinajstić information content (AvgIpc) is 2.75. The van der Waals surface area contributed by atoms with E-state index in [0.29, 0.717) is 11.7 Å². The van der Waals surface area contributed by atoms with Gasteiger partial charge < -0.3 is 5.32 Å². The van der Waals surface area contributed by atoms with Crippen LogP contribution in [-0.4, -0.2) is 26.8 Å². The first-order valence-electron chi connectivity index (χ1n) is 5.78. The number of anilines is 1. The second kappa shape index (κ2) is 5.21. The Kier molecular flexibility index (Phi) is 3.84. The molecule has 96 valence electrons. The number of aryl methyl sites for hydroxylation is 1. The van der Waals surface area contributed by atoms with Crippen LogP contribution in [0.2, 0.25) is 0 Å². The van der Waals surface area contributed by atoms with Crippen molar-refractivity contribution < 1.29 is 0 Å². The highest BCUT2D eigenvalue weighted by atomic mass is 127. The van der Waals surface area contributed by atoms with Gasteiger partial charge in [0, 0.05) is 20.3 Å². The van der Waals surface area contributed by atoms with Crippen LogP contribution in [-0.2, 0) is 7.05 Å². The van der Waals surface area contributed by atoms with Gasteiger partial charge in [0.1, 0.15) is 11.5 Å². The lowest BCUT2D eigenvalue weighted by atomic mass is 10.1. The lowest BCUT2D eigenvalue weighted by Crippen LogP contribution is -2.08. The third-order valence-corrected chi connectivity index (χ3v) is 3.77. The zero-order chi connectivity index (χ0) is 13.3. The van der Waals surface area contributed by atoms with E-state index in [1.807, 2.05) is 20.2 Å². The van der Waals surface area contributed by atoms with Crippen LogP contribution >= 0.6 is 22.6 Å². The first-order valence-corrected chi connectivity index (χ1v) is 6.86. The van der Waals surface area contributed by atoms with Gasteiger partial charge in [-0.2, -0.15) is 5.10 Å². The molecule has 0 amide bonds. The number of hydrogen-bond donors (Lipinski definition) is 1. The summed E-state index contributed by atoms with van der Waals surface area (Å²) >= 11 is 2.29. The summed E-state index contributed by atoms with van der Waals surface area (Å²) in [4.78, 5) is 9.21. The van der Waals surface area contributed by atoms with Gasteiger partial charge in [-0.05, 0) is 34.6 Å². The third-order valence-electron chi connectivity index (χ3n) is 2.71. The number of rotatable bonds is 3. The van der Waals surface area contributed by atoms with Crippen molar-refractivity contribution in [3.8, 4) is 11.5 Å². The van der Waals surface area contributed by atoms with E-state index in [2.05, 4.69) is 56.8 Å². The molecule has 0 aliphatic heterocycles. The molecule has 2 heterocycles. The maximum absolute atomic E-state index is 4.66. The van der Waals surface area contributed by atoms with E-state index in [1.54, 1.807) is 10.9 Å². The molecule has 18 heavy (non-hydrogen) atoms. The van der Waals surface area contributed by atoms with Crippen LogP contribution in [0.25, 0.3) is 11.5 Å². The summed E-state index contributed by atoms with van der Waals surface area (Å²) in [5, 5.41) is 7.28. The minimum Gasteiger partial charge on any atom is -0.372 e. The number of nitrogens with zero attached hydrogens (tertiary/aromatic N) is 4. The maximum Gasteiger partial charge on any atom is 0.180 e. The largest absolute Gasteiger partial charge is 0.372 e. The molecule has 2 aromatic rings. The monoisotopic (exact) mass is 357 g/mol. The molecular weight excluding hydrogens is 341 g/mol. The number of halogens is 1. The zero-order valence-electron chi connectivity index (χ0n) is 10.9. The Morgan fingerprint density at radius 2 is 2.06 bits per heavy atom. The van der Waals surface area contributed by atoms with Crippen molar-refractivity contribution in [1.82, 2.24) is 19.7 Å². The average molecular weight is 357 g/mol. The van der Waals surface area contributed by atoms with Gasteiger partial charge in [-0.25, -0.2) is 9.97 Å². The fraction of sp³-hybridized carbons (Fsp3) is 0.417. The van der Waals surface area contributed by atoms with Gasteiger partial charge >= 0.3 is 0 Å². The van der Waals surface area contributed by atoms with Crippen LogP contribution in [0.4, 0.5) is 5.82 Å². The molecular formula is C12H16IN5. The lowest BCUT2D eigenvalue weighted by Gasteiger charge is -2.13. The van der Waals surface area contributed by atoms with Gasteiger partial charge in [0.25, 0.3) is 0 Å². The highest BCUT2D eigenvalue weighted by Gasteiger charge is 2.16. The molecule has 0 aromatic carbocycles. The predicted molar refractivity (Wildman–Crippen MR) is 80.6 cm³/mol. The minimum absolute atomic E-state index is 0.360. The van der Waals surface area contributed by atoms with Crippen molar-refractivity contribution in [2.45, 2.75) is 19.8 Å². The maximum atomic E-state index is 4.66. The molecule has 5 nitrogen and oxygen atoms in total. The van der Waals surface area contributed by atoms with Crippen molar-refractivity contribution in [1.29, 1.82) is 0 Å². The zero-order valence-corrected chi connectivity index (χ0v) is 13.1. The van der Waals surface area contributed by atoms with E-state index in [9.17, 15) is 0 Å². The molecule has 0 bridgehead atoms. The summed E-state index contributed by atoms with van der Waals surface area (Å²) in [6.45, 7) is 4.27. The van der Waals surface area contributed by atoms with Gasteiger partial charge in [0.15, 0.2) is 5.82 Å². The molecule has 0 saturated carbocycles. The van der Waals surface area contributed by atoms with Gasteiger partial charge in [0.2, 0.25) is 0 Å². The van der Waals surface area contributed by atoms with E-state index in [-0.39, 0.29) is 0 Å². The van der Waals surface area contributed by atoms with E-state index in [0.717, 1.165) is 20.8 Å². The number of nitrogens with one attached hydrogen (secondary N) is 1. The first-order chi connectivity index (χ1) is 8.54. The third kappa shape index (κ3) is 2.33. The molecule has 2 rings (SSSR count). The van der Waals surface area contributed by atoms with Crippen molar-refractivity contribution in [2.24, 2.45) is 7.05 Å². The van der Waals surface area contributed by atoms with Crippen LogP contribution < -0.4 is 5.32 Å². The predicted octanol–water partition coefficient (Wildman–Crippen LogP) is 2.65.